The van der Waals surface area contributed by atoms with Crippen LogP contribution in [0.5, 0.6) is 0 Å². The van der Waals surface area contributed by atoms with E-state index < -0.39 is 0 Å². The SMILES string of the molecule is CC(C)C1Cc2ccccc2N(I)C1. The number of nitrogens with zero attached hydrogens (tertiary/aromatic N) is 1. The predicted molar refractivity (Wildman–Crippen MR) is 69.8 cm³/mol. The van der Waals surface area contributed by atoms with Crippen molar-refractivity contribution in [2.75, 3.05) is 9.66 Å². The normalized spacial score (nSPS) is 21.1. The first-order valence-corrected chi connectivity index (χ1v) is 6.16. The van der Waals surface area contributed by atoms with Crippen LogP contribution in [0.3, 0.4) is 0 Å². The van der Waals surface area contributed by atoms with E-state index in [4.69, 9.17) is 0 Å². The molecule has 0 N–H and O–H groups in total. The first kappa shape index (κ1) is 10.3. The first-order valence-electron chi connectivity index (χ1n) is 5.19. The zero-order chi connectivity index (χ0) is 10.1. The molecule has 2 rings (SSSR count). The first-order chi connectivity index (χ1) is 6.68. The number of rotatable bonds is 1. The smallest absolute Gasteiger partial charge is 0.0591 e. The molecule has 0 amide bonds. The molecule has 0 fully saturated rings. The Hall–Kier alpha value is -0.250. The van der Waals surface area contributed by atoms with Crippen molar-refractivity contribution in [1.82, 2.24) is 0 Å². The molecule has 0 saturated carbocycles. The third-order valence-corrected chi connectivity index (χ3v) is 3.99. The monoisotopic (exact) mass is 301 g/mol. The van der Waals surface area contributed by atoms with Crippen LogP contribution in [0.2, 0.25) is 0 Å². The Morgan fingerprint density at radius 1 is 1.36 bits per heavy atom. The van der Waals surface area contributed by atoms with E-state index in [1.165, 1.54) is 24.2 Å². The van der Waals surface area contributed by atoms with E-state index in [0.717, 1.165) is 11.8 Å². The Balaban J connectivity index is 2.29. The highest BCUT2D eigenvalue weighted by Gasteiger charge is 2.24. The van der Waals surface area contributed by atoms with Crippen LogP contribution in [-0.2, 0) is 6.42 Å². The van der Waals surface area contributed by atoms with Crippen molar-refractivity contribution in [3.05, 3.63) is 29.8 Å². The summed E-state index contributed by atoms with van der Waals surface area (Å²) in [5.74, 6) is 1.59. The van der Waals surface area contributed by atoms with Crippen molar-refractivity contribution in [2.45, 2.75) is 20.3 Å². The zero-order valence-electron chi connectivity index (χ0n) is 8.70. The summed E-state index contributed by atoms with van der Waals surface area (Å²) in [7, 11) is 0. The second-order valence-corrected chi connectivity index (χ2v) is 5.55. The minimum atomic E-state index is 0.778. The summed E-state index contributed by atoms with van der Waals surface area (Å²) in [6.07, 6.45) is 1.24. The molecule has 1 aliphatic heterocycles. The van der Waals surface area contributed by atoms with Gasteiger partial charge in [-0.3, -0.25) is 0 Å². The summed E-state index contributed by atoms with van der Waals surface area (Å²) in [5.41, 5.74) is 2.91. The molecule has 76 valence electrons. The zero-order valence-corrected chi connectivity index (χ0v) is 10.9. The molecular formula is C12H16IN. The van der Waals surface area contributed by atoms with Crippen molar-refractivity contribution in [2.24, 2.45) is 11.8 Å². The Labute approximate surface area is 100.0 Å². The van der Waals surface area contributed by atoms with Gasteiger partial charge in [-0.25, -0.2) is 0 Å². The highest BCUT2D eigenvalue weighted by molar-refractivity contribution is 14.1. The standard InChI is InChI=1S/C12H16IN/c1-9(2)11-7-10-5-3-4-6-12(10)14(13)8-11/h3-6,9,11H,7-8H2,1-2H3. The van der Waals surface area contributed by atoms with Crippen molar-refractivity contribution < 1.29 is 0 Å². The maximum Gasteiger partial charge on any atom is 0.0591 e. The number of fused-ring (bicyclic) bond motifs is 1. The molecule has 1 heterocycles. The van der Waals surface area contributed by atoms with Gasteiger partial charge in [0.25, 0.3) is 0 Å². The van der Waals surface area contributed by atoms with E-state index in [9.17, 15) is 0 Å². The highest BCUT2D eigenvalue weighted by Crippen LogP contribution is 2.34. The van der Waals surface area contributed by atoms with Gasteiger partial charge in [-0.2, -0.15) is 0 Å². The molecule has 0 radical (unpaired) electrons. The molecule has 0 saturated heterocycles. The lowest BCUT2D eigenvalue weighted by molar-refractivity contribution is 0.387. The molecule has 2 heteroatoms. The largest absolute Gasteiger partial charge is 0.314 e. The number of hydrogen-bond acceptors (Lipinski definition) is 1. The third-order valence-electron chi connectivity index (χ3n) is 3.07. The highest BCUT2D eigenvalue weighted by atomic mass is 127. The van der Waals surface area contributed by atoms with Gasteiger partial charge in [-0.05, 0) is 29.9 Å². The maximum absolute atomic E-state index is 2.43. The summed E-state index contributed by atoms with van der Waals surface area (Å²) in [6.45, 7) is 5.83. The minimum Gasteiger partial charge on any atom is -0.314 e. The van der Waals surface area contributed by atoms with Gasteiger partial charge in [0.05, 0.1) is 22.9 Å². The molecule has 0 spiro atoms. The Morgan fingerprint density at radius 3 is 2.79 bits per heavy atom. The van der Waals surface area contributed by atoms with E-state index in [0.29, 0.717) is 0 Å². The van der Waals surface area contributed by atoms with E-state index in [1.807, 2.05) is 0 Å². The second kappa shape index (κ2) is 4.09. The average molecular weight is 301 g/mol. The van der Waals surface area contributed by atoms with E-state index in [-0.39, 0.29) is 0 Å². The number of benzene rings is 1. The minimum absolute atomic E-state index is 0.778. The van der Waals surface area contributed by atoms with Crippen LogP contribution in [0.4, 0.5) is 5.69 Å². The van der Waals surface area contributed by atoms with Crippen molar-refractivity contribution in [3.8, 4) is 0 Å². The molecule has 14 heavy (non-hydrogen) atoms. The number of hydrogen-bond donors (Lipinski definition) is 0. The van der Waals surface area contributed by atoms with Gasteiger partial charge in [-0.15, -0.1) is 0 Å². The van der Waals surface area contributed by atoms with Crippen LogP contribution in [0.25, 0.3) is 0 Å². The molecule has 1 atom stereocenters. The van der Waals surface area contributed by atoms with Crippen LogP contribution in [0.15, 0.2) is 24.3 Å². The number of anilines is 1. The predicted octanol–water partition coefficient (Wildman–Crippen LogP) is 3.67. The molecule has 0 bridgehead atoms. The van der Waals surface area contributed by atoms with Gasteiger partial charge in [-0.1, -0.05) is 32.0 Å². The topological polar surface area (TPSA) is 3.24 Å². The van der Waals surface area contributed by atoms with Gasteiger partial charge < -0.3 is 3.11 Å². The van der Waals surface area contributed by atoms with Crippen molar-refractivity contribution >= 4 is 28.6 Å². The fourth-order valence-electron chi connectivity index (χ4n) is 2.02. The van der Waals surface area contributed by atoms with Gasteiger partial charge in [0.15, 0.2) is 0 Å². The average Bonchev–Trinajstić information content (AvgIpc) is 2.17. The Bertz CT molecular complexity index is 322. The van der Waals surface area contributed by atoms with Crippen molar-refractivity contribution in [1.29, 1.82) is 0 Å². The molecular weight excluding hydrogens is 285 g/mol. The van der Waals surface area contributed by atoms with Crippen LogP contribution in [0.1, 0.15) is 19.4 Å². The molecule has 0 aromatic heterocycles. The third kappa shape index (κ3) is 1.90. The van der Waals surface area contributed by atoms with E-state index >= 15 is 0 Å². The lowest BCUT2D eigenvalue weighted by atomic mass is 9.86. The number of halogens is 1. The molecule has 1 aromatic carbocycles. The van der Waals surface area contributed by atoms with E-state index in [2.05, 4.69) is 64.1 Å². The van der Waals surface area contributed by atoms with Crippen LogP contribution in [0, 0.1) is 11.8 Å². The lowest BCUT2D eigenvalue weighted by Crippen LogP contribution is -2.31. The molecule has 1 unspecified atom stereocenters. The summed E-state index contributed by atoms with van der Waals surface area (Å²) < 4.78 is 2.36. The van der Waals surface area contributed by atoms with Crippen molar-refractivity contribution in [3.63, 3.8) is 0 Å². The molecule has 0 aliphatic carbocycles. The maximum atomic E-state index is 2.43. The molecule has 1 aliphatic rings. The van der Waals surface area contributed by atoms with Gasteiger partial charge in [0, 0.05) is 12.2 Å². The lowest BCUT2D eigenvalue weighted by Gasteiger charge is -2.33. The Kier molecular flexibility index (Phi) is 3.00. The molecule has 1 aromatic rings. The van der Waals surface area contributed by atoms with Gasteiger partial charge >= 0.3 is 0 Å². The quantitative estimate of drug-likeness (QED) is 0.565. The van der Waals surface area contributed by atoms with Crippen LogP contribution < -0.4 is 3.11 Å². The van der Waals surface area contributed by atoms with Gasteiger partial charge in [0.1, 0.15) is 0 Å². The molecule has 1 nitrogen and oxygen atoms in total. The summed E-state index contributed by atoms with van der Waals surface area (Å²) in [6, 6.07) is 8.75. The fourth-order valence-corrected chi connectivity index (χ4v) is 2.99. The summed E-state index contributed by atoms with van der Waals surface area (Å²) in [5, 5.41) is 0. The summed E-state index contributed by atoms with van der Waals surface area (Å²) >= 11 is 2.43. The van der Waals surface area contributed by atoms with Crippen LogP contribution in [-0.4, -0.2) is 6.54 Å². The summed E-state index contributed by atoms with van der Waals surface area (Å²) in [4.78, 5) is 0. The number of para-hydroxylation sites is 1. The fraction of sp³-hybridized carbons (Fsp3) is 0.500. The second-order valence-electron chi connectivity index (χ2n) is 4.38. The van der Waals surface area contributed by atoms with E-state index in [1.54, 1.807) is 0 Å². The Morgan fingerprint density at radius 2 is 2.07 bits per heavy atom. The van der Waals surface area contributed by atoms with Gasteiger partial charge in [0.2, 0.25) is 0 Å². The van der Waals surface area contributed by atoms with Crippen LogP contribution >= 0.6 is 22.9 Å².